The van der Waals surface area contributed by atoms with Crippen molar-refractivity contribution in [2.24, 2.45) is 0 Å². The minimum atomic E-state index is -0.585. The van der Waals surface area contributed by atoms with E-state index in [-0.39, 0.29) is 5.91 Å². The fourth-order valence-corrected chi connectivity index (χ4v) is 1.10. The quantitative estimate of drug-likeness (QED) is 0.719. The second kappa shape index (κ2) is 6.93. The van der Waals surface area contributed by atoms with E-state index in [1.807, 2.05) is 6.92 Å². The van der Waals surface area contributed by atoms with Crippen molar-refractivity contribution in [2.45, 2.75) is 45.8 Å². The standard InChI is InChI=1S/C12H22N2O3/c1-6-8-13-10(15)9(7-2)14-11(16)17-12(3,4)5/h6,9H,1,7-8H2,2-5H3,(H,13,15)(H,14,16). The van der Waals surface area contributed by atoms with E-state index in [0.717, 1.165) is 0 Å². The molecule has 0 aromatic rings. The van der Waals surface area contributed by atoms with Crippen LogP contribution in [0, 0.1) is 0 Å². The smallest absolute Gasteiger partial charge is 0.408 e. The van der Waals surface area contributed by atoms with Crippen LogP contribution in [0.4, 0.5) is 4.79 Å². The molecule has 0 heterocycles. The number of hydrogen-bond acceptors (Lipinski definition) is 3. The lowest BCUT2D eigenvalue weighted by molar-refractivity contribution is -0.123. The van der Waals surface area contributed by atoms with E-state index in [1.54, 1.807) is 26.8 Å². The molecule has 2 N–H and O–H groups in total. The molecule has 0 aliphatic rings. The molecule has 0 saturated heterocycles. The van der Waals surface area contributed by atoms with E-state index >= 15 is 0 Å². The van der Waals surface area contributed by atoms with Crippen LogP contribution in [0.5, 0.6) is 0 Å². The van der Waals surface area contributed by atoms with Gasteiger partial charge in [-0.25, -0.2) is 4.79 Å². The highest BCUT2D eigenvalue weighted by molar-refractivity contribution is 5.85. The Labute approximate surface area is 103 Å². The van der Waals surface area contributed by atoms with E-state index in [2.05, 4.69) is 17.2 Å². The number of carbonyl (C=O) groups is 2. The van der Waals surface area contributed by atoms with Crippen molar-refractivity contribution >= 4 is 12.0 Å². The van der Waals surface area contributed by atoms with Crippen LogP contribution in [0.1, 0.15) is 34.1 Å². The summed E-state index contributed by atoms with van der Waals surface area (Å²) in [6, 6.07) is -0.579. The van der Waals surface area contributed by atoms with Gasteiger partial charge in [-0.15, -0.1) is 6.58 Å². The van der Waals surface area contributed by atoms with E-state index in [9.17, 15) is 9.59 Å². The Morgan fingerprint density at radius 1 is 1.41 bits per heavy atom. The molecule has 0 aromatic heterocycles. The minimum absolute atomic E-state index is 0.238. The van der Waals surface area contributed by atoms with Gasteiger partial charge in [0, 0.05) is 6.54 Å². The Bertz CT molecular complexity index is 282. The number of nitrogens with one attached hydrogen (secondary N) is 2. The van der Waals surface area contributed by atoms with Crippen LogP contribution in [0.25, 0.3) is 0 Å². The van der Waals surface area contributed by atoms with Gasteiger partial charge in [0.05, 0.1) is 0 Å². The number of carbonyl (C=O) groups excluding carboxylic acids is 2. The number of hydrogen-bond donors (Lipinski definition) is 2. The van der Waals surface area contributed by atoms with Gasteiger partial charge in [-0.2, -0.15) is 0 Å². The molecule has 0 spiro atoms. The van der Waals surface area contributed by atoms with Gasteiger partial charge in [-0.1, -0.05) is 13.0 Å². The highest BCUT2D eigenvalue weighted by atomic mass is 16.6. The average Bonchev–Trinajstić information content (AvgIpc) is 2.19. The number of ether oxygens (including phenoxy) is 1. The summed E-state index contributed by atoms with van der Waals surface area (Å²) in [5.74, 6) is -0.238. The molecule has 98 valence electrons. The Morgan fingerprint density at radius 3 is 2.41 bits per heavy atom. The van der Waals surface area contributed by atoms with E-state index in [0.29, 0.717) is 13.0 Å². The van der Waals surface area contributed by atoms with Crippen molar-refractivity contribution in [3.8, 4) is 0 Å². The first-order chi connectivity index (χ1) is 7.80. The number of alkyl carbamates (subject to hydrolysis) is 1. The summed E-state index contributed by atoms with van der Waals surface area (Å²) in [7, 11) is 0. The van der Waals surface area contributed by atoms with Gasteiger partial charge in [0.15, 0.2) is 0 Å². The first-order valence-corrected chi connectivity index (χ1v) is 5.68. The Hall–Kier alpha value is -1.52. The SMILES string of the molecule is C=CCNC(=O)C(CC)NC(=O)OC(C)(C)C. The second-order valence-corrected chi connectivity index (χ2v) is 4.64. The van der Waals surface area contributed by atoms with Crippen molar-refractivity contribution < 1.29 is 14.3 Å². The number of rotatable bonds is 5. The Morgan fingerprint density at radius 2 is 2.00 bits per heavy atom. The molecule has 0 aliphatic heterocycles. The maximum absolute atomic E-state index is 11.6. The van der Waals surface area contributed by atoms with Crippen LogP contribution in [-0.4, -0.2) is 30.2 Å². The monoisotopic (exact) mass is 242 g/mol. The normalized spacial score (nSPS) is 12.5. The fraction of sp³-hybridized carbons (Fsp3) is 0.667. The summed E-state index contributed by atoms with van der Waals surface area (Å²) in [5.41, 5.74) is -0.569. The van der Waals surface area contributed by atoms with Crippen LogP contribution in [0.2, 0.25) is 0 Å². The zero-order valence-electron chi connectivity index (χ0n) is 11.0. The van der Waals surface area contributed by atoms with Crippen molar-refractivity contribution in [1.82, 2.24) is 10.6 Å². The summed E-state index contributed by atoms with van der Waals surface area (Å²) >= 11 is 0. The Kier molecular flexibility index (Phi) is 6.31. The van der Waals surface area contributed by atoms with Gasteiger partial charge in [0.2, 0.25) is 5.91 Å². The van der Waals surface area contributed by atoms with E-state index < -0.39 is 17.7 Å². The van der Waals surface area contributed by atoms with Gasteiger partial charge >= 0.3 is 6.09 Å². The summed E-state index contributed by atoms with van der Waals surface area (Å²) in [6.07, 6.45) is 1.50. The topological polar surface area (TPSA) is 67.4 Å². The zero-order chi connectivity index (χ0) is 13.5. The highest BCUT2D eigenvalue weighted by Gasteiger charge is 2.22. The molecule has 0 radical (unpaired) electrons. The largest absolute Gasteiger partial charge is 0.444 e. The van der Waals surface area contributed by atoms with E-state index in [4.69, 9.17) is 4.74 Å². The minimum Gasteiger partial charge on any atom is -0.444 e. The second-order valence-electron chi connectivity index (χ2n) is 4.64. The molecule has 17 heavy (non-hydrogen) atoms. The van der Waals surface area contributed by atoms with Gasteiger partial charge in [0.25, 0.3) is 0 Å². The van der Waals surface area contributed by atoms with Crippen molar-refractivity contribution in [3.63, 3.8) is 0 Å². The van der Waals surface area contributed by atoms with Crippen LogP contribution < -0.4 is 10.6 Å². The predicted octanol–water partition coefficient (Wildman–Crippen LogP) is 1.59. The lowest BCUT2D eigenvalue weighted by Crippen LogP contribution is -2.47. The fourth-order valence-electron chi connectivity index (χ4n) is 1.10. The first-order valence-electron chi connectivity index (χ1n) is 5.68. The van der Waals surface area contributed by atoms with Crippen LogP contribution in [0.3, 0.4) is 0 Å². The zero-order valence-corrected chi connectivity index (χ0v) is 11.0. The molecule has 0 bridgehead atoms. The Balaban J connectivity index is 4.25. The predicted molar refractivity (Wildman–Crippen MR) is 66.7 cm³/mol. The van der Waals surface area contributed by atoms with Crippen LogP contribution in [-0.2, 0) is 9.53 Å². The summed E-state index contributed by atoms with van der Waals surface area (Å²) in [6.45, 7) is 11.0. The summed E-state index contributed by atoms with van der Waals surface area (Å²) in [5, 5.41) is 5.15. The maximum Gasteiger partial charge on any atom is 0.408 e. The summed E-state index contributed by atoms with van der Waals surface area (Å²) in [4.78, 5) is 23.1. The first kappa shape index (κ1) is 15.5. The molecule has 5 heteroatoms. The maximum atomic E-state index is 11.6. The van der Waals surface area contributed by atoms with Gasteiger partial charge in [-0.3, -0.25) is 4.79 Å². The van der Waals surface area contributed by atoms with Gasteiger partial charge in [-0.05, 0) is 27.2 Å². The molecule has 0 fully saturated rings. The molecule has 0 aliphatic carbocycles. The average molecular weight is 242 g/mol. The molecule has 2 amide bonds. The third kappa shape index (κ3) is 7.38. The van der Waals surface area contributed by atoms with Crippen LogP contribution in [0.15, 0.2) is 12.7 Å². The molecule has 1 unspecified atom stereocenters. The molecular formula is C12H22N2O3. The van der Waals surface area contributed by atoms with Gasteiger partial charge in [0.1, 0.15) is 11.6 Å². The molecule has 0 aromatic carbocycles. The summed E-state index contributed by atoms with van der Waals surface area (Å²) < 4.78 is 5.07. The van der Waals surface area contributed by atoms with Gasteiger partial charge < -0.3 is 15.4 Å². The van der Waals surface area contributed by atoms with Crippen LogP contribution >= 0.6 is 0 Å². The third-order valence-corrected chi connectivity index (χ3v) is 1.84. The molecule has 1 atom stereocenters. The van der Waals surface area contributed by atoms with Crippen molar-refractivity contribution in [2.75, 3.05) is 6.54 Å². The molecule has 0 saturated carbocycles. The number of amides is 2. The van der Waals surface area contributed by atoms with E-state index in [1.165, 1.54) is 0 Å². The molecular weight excluding hydrogens is 220 g/mol. The lowest BCUT2D eigenvalue weighted by Gasteiger charge is -2.22. The lowest BCUT2D eigenvalue weighted by atomic mass is 10.2. The highest BCUT2D eigenvalue weighted by Crippen LogP contribution is 2.07. The molecule has 5 nitrogen and oxygen atoms in total. The van der Waals surface area contributed by atoms with Crippen molar-refractivity contribution in [3.05, 3.63) is 12.7 Å². The third-order valence-electron chi connectivity index (χ3n) is 1.84. The van der Waals surface area contributed by atoms with Crippen molar-refractivity contribution in [1.29, 1.82) is 0 Å². The molecule has 0 rings (SSSR count).